The van der Waals surface area contributed by atoms with E-state index >= 15 is 0 Å². The van der Waals surface area contributed by atoms with Gasteiger partial charge in [0.1, 0.15) is 11.2 Å². The van der Waals surface area contributed by atoms with Crippen molar-refractivity contribution in [2.45, 2.75) is 46.5 Å². The van der Waals surface area contributed by atoms with Gasteiger partial charge in [0.25, 0.3) is 0 Å². The molecule has 0 unspecified atom stereocenters. The highest BCUT2D eigenvalue weighted by Gasteiger charge is 2.33. The minimum absolute atomic E-state index is 0.353. The first kappa shape index (κ1) is 20.8. The molecule has 2 aromatic heterocycles. The third-order valence-corrected chi connectivity index (χ3v) is 7.85. The molecule has 0 bridgehead atoms. The number of hydrazone groups is 1. The Hall–Kier alpha value is -2.47. The Morgan fingerprint density at radius 2 is 2.00 bits per heavy atom. The summed E-state index contributed by atoms with van der Waals surface area (Å²) in [4.78, 5) is 13.7. The van der Waals surface area contributed by atoms with Crippen LogP contribution in [0.1, 0.15) is 49.6 Å². The van der Waals surface area contributed by atoms with Gasteiger partial charge in [0.2, 0.25) is 0 Å². The van der Waals surface area contributed by atoms with Gasteiger partial charge in [-0.05, 0) is 53.9 Å². The quantitative estimate of drug-likeness (QED) is 0.407. The van der Waals surface area contributed by atoms with Gasteiger partial charge in [0, 0.05) is 24.7 Å². The topological polar surface area (TPSA) is 53.4 Å². The lowest BCUT2D eigenvalue weighted by molar-refractivity contribution is 0.184. The van der Waals surface area contributed by atoms with Crippen molar-refractivity contribution in [3.8, 4) is 0 Å². The summed E-state index contributed by atoms with van der Waals surface area (Å²) in [5.74, 6) is 1.51. The monoisotopic (exact) mass is 421 g/mol. The van der Waals surface area contributed by atoms with Crippen LogP contribution < -0.4 is 10.3 Å². The average Bonchev–Trinajstić information content (AvgIpc) is 3.12. The summed E-state index contributed by atoms with van der Waals surface area (Å²) in [6.07, 6.45) is 8.20. The Morgan fingerprint density at radius 1 is 1.23 bits per heavy atom. The minimum Gasteiger partial charge on any atom is -0.378 e. The zero-order chi connectivity index (χ0) is 21.3. The summed E-state index contributed by atoms with van der Waals surface area (Å²) in [7, 11) is 4.08. The molecule has 0 spiro atoms. The molecule has 30 heavy (non-hydrogen) atoms. The zero-order valence-electron chi connectivity index (χ0n) is 18.6. The molecule has 1 aromatic carbocycles. The van der Waals surface area contributed by atoms with Crippen molar-refractivity contribution >= 4 is 39.3 Å². The summed E-state index contributed by atoms with van der Waals surface area (Å²) in [5.41, 5.74) is 7.20. The highest BCUT2D eigenvalue weighted by Crippen LogP contribution is 2.45. The van der Waals surface area contributed by atoms with Crippen molar-refractivity contribution in [1.29, 1.82) is 0 Å². The van der Waals surface area contributed by atoms with Gasteiger partial charge in [-0.1, -0.05) is 39.3 Å². The molecule has 3 aromatic rings. The fraction of sp³-hybridized carbons (Fsp3) is 0.458. The van der Waals surface area contributed by atoms with E-state index in [1.165, 1.54) is 29.0 Å². The second-order valence-electron chi connectivity index (χ2n) is 9.04. The van der Waals surface area contributed by atoms with E-state index in [0.29, 0.717) is 11.3 Å². The number of fused-ring (bicyclic) bond motifs is 3. The molecule has 1 aliphatic rings. The zero-order valence-corrected chi connectivity index (χ0v) is 19.4. The maximum Gasteiger partial charge on any atom is 0.158 e. The summed E-state index contributed by atoms with van der Waals surface area (Å²) in [5, 5.41) is 5.64. The number of anilines is 2. The number of nitrogens with one attached hydrogen (secondary N) is 1. The average molecular weight is 422 g/mol. The molecule has 158 valence electrons. The van der Waals surface area contributed by atoms with Crippen molar-refractivity contribution < 1.29 is 0 Å². The summed E-state index contributed by atoms with van der Waals surface area (Å²) < 4.78 is 0. The third kappa shape index (κ3) is 4.06. The molecule has 0 radical (unpaired) electrons. The highest BCUT2D eigenvalue weighted by molar-refractivity contribution is 7.19. The van der Waals surface area contributed by atoms with Crippen LogP contribution in [0.3, 0.4) is 0 Å². The van der Waals surface area contributed by atoms with E-state index < -0.39 is 0 Å². The van der Waals surface area contributed by atoms with Crippen LogP contribution in [-0.4, -0.2) is 30.3 Å². The number of benzene rings is 1. The standard InChI is InChI=1S/C24H31N5S/c1-6-24(2,3)17-9-12-20-19(13-17)21-22(25-15-26-23(21)30-20)28-27-14-16-7-10-18(11-8-16)29(4)5/h7-8,10-11,14-15,17H,6,9,12-13H2,1-5H3,(H,25,26,28)/b27-14-/t17-/m0/s1. The molecule has 2 heterocycles. The fourth-order valence-electron chi connectivity index (χ4n) is 4.18. The van der Waals surface area contributed by atoms with Crippen molar-refractivity contribution in [2.75, 3.05) is 24.4 Å². The number of nitrogens with zero attached hydrogens (tertiary/aromatic N) is 4. The van der Waals surface area contributed by atoms with Gasteiger partial charge in [-0.3, -0.25) is 5.43 Å². The summed E-state index contributed by atoms with van der Waals surface area (Å²) in [6, 6.07) is 8.32. The van der Waals surface area contributed by atoms with E-state index in [1.807, 2.05) is 31.6 Å². The van der Waals surface area contributed by atoms with Crippen LogP contribution in [0.5, 0.6) is 0 Å². The molecular weight excluding hydrogens is 390 g/mol. The van der Waals surface area contributed by atoms with E-state index in [2.05, 4.69) is 70.4 Å². The van der Waals surface area contributed by atoms with Crippen molar-refractivity contribution in [3.63, 3.8) is 0 Å². The first-order valence-corrected chi connectivity index (χ1v) is 11.5. The van der Waals surface area contributed by atoms with Crippen LogP contribution in [-0.2, 0) is 12.8 Å². The fourth-order valence-corrected chi connectivity index (χ4v) is 5.36. The highest BCUT2D eigenvalue weighted by atomic mass is 32.1. The van der Waals surface area contributed by atoms with Crippen LogP contribution in [0.2, 0.25) is 0 Å². The smallest absolute Gasteiger partial charge is 0.158 e. The van der Waals surface area contributed by atoms with Crippen molar-refractivity contribution in [3.05, 3.63) is 46.6 Å². The Kier molecular flexibility index (Phi) is 5.78. The van der Waals surface area contributed by atoms with Crippen LogP contribution in [0.25, 0.3) is 10.2 Å². The van der Waals surface area contributed by atoms with E-state index in [1.54, 1.807) is 6.33 Å². The van der Waals surface area contributed by atoms with Gasteiger partial charge in [-0.25, -0.2) is 9.97 Å². The van der Waals surface area contributed by atoms with Gasteiger partial charge in [0.05, 0.1) is 11.6 Å². The summed E-state index contributed by atoms with van der Waals surface area (Å²) >= 11 is 1.82. The Labute approximate surface area is 183 Å². The van der Waals surface area contributed by atoms with Crippen molar-refractivity contribution in [1.82, 2.24) is 9.97 Å². The first-order chi connectivity index (χ1) is 14.4. The number of aryl methyl sites for hydroxylation is 1. The van der Waals surface area contributed by atoms with E-state index in [9.17, 15) is 0 Å². The Balaban J connectivity index is 1.59. The van der Waals surface area contributed by atoms with Gasteiger partial charge in [-0.15, -0.1) is 11.3 Å². The number of hydrogen-bond donors (Lipinski definition) is 1. The molecule has 0 amide bonds. The van der Waals surface area contributed by atoms with Gasteiger partial charge in [-0.2, -0.15) is 5.10 Å². The van der Waals surface area contributed by atoms with E-state index in [0.717, 1.165) is 34.4 Å². The molecule has 1 N–H and O–H groups in total. The first-order valence-electron chi connectivity index (χ1n) is 10.7. The molecule has 1 atom stereocenters. The second-order valence-corrected chi connectivity index (χ2v) is 10.1. The van der Waals surface area contributed by atoms with Gasteiger partial charge in [0.15, 0.2) is 5.82 Å². The Bertz CT molecular complexity index is 1050. The maximum absolute atomic E-state index is 4.56. The number of aromatic nitrogens is 2. The van der Waals surface area contributed by atoms with Crippen LogP contribution >= 0.6 is 11.3 Å². The summed E-state index contributed by atoms with van der Waals surface area (Å²) in [6.45, 7) is 7.11. The second kappa shape index (κ2) is 8.34. The van der Waals surface area contributed by atoms with Crippen LogP contribution in [0, 0.1) is 11.3 Å². The lowest BCUT2D eigenvalue weighted by atomic mass is 9.69. The number of thiophene rings is 1. The largest absolute Gasteiger partial charge is 0.378 e. The lowest BCUT2D eigenvalue weighted by Crippen LogP contribution is -2.28. The third-order valence-electron chi connectivity index (χ3n) is 6.65. The van der Waals surface area contributed by atoms with Crippen LogP contribution in [0.15, 0.2) is 35.7 Å². The minimum atomic E-state index is 0.353. The maximum atomic E-state index is 4.56. The van der Waals surface area contributed by atoms with Crippen LogP contribution in [0.4, 0.5) is 11.5 Å². The van der Waals surface area contributed by atoms with E-state index in [4.69, 9.17) is 0 Å². The molecule has 4 rings (SSSR count). The molecule has 1 aliphatic carbocycles. The predicted octanol–water partition coefficient (Wildman–Crippen LogP) is 5.74. The number of hydrogen-bond acceptors (Lipinski definition) is 6. The molecule has 6 heteroatoms. The van der Waals surface area contributed by atoms with Gasteiger partial charge >= 0.3 is 0 Å². The normalized spacial score (nSPS) is 16.8. The number of rotatable bonds is 6. The molecule has 0 saturated carbocycles. The molecule has 0 aliphatic heterocycles. The SMILES string of the molecule is CCC(C)(C)[C@H]1CCc2sc3ncnc(N/N=C\c4ccc(N(C)C)cc4)c3c2C1. The molecular formula is C24H31N5S. The Morgan fingerprint density at radius 3 is 2.70 bits per heavy atom. The van der Waals surface area contributed by atoms with Gasteiger partial charge < -0.3 is 4.90 Å². The van der Waals surface area contributed by atoms with E-state index in [-0.39, 0.29) is 0 Å². The lowest BCUT2D eigenvalue weighted by Gasteiger charge is -2.36. The van der Waals surface area contributed by atoms with Crippen molar-refractivity contribution in [2.24, 2.45) is 16.4 Å². The molecule has 0 fully saturated rings. The predicted molar refractivity (Wildman–Crippen MR) is 129 cm³/mol. The molecule has 5 nitrogen and oxygen atoms in total. The molecule has 0 saturated heterocycles.